The number of oxime groups is 1. The van der Waals surface area contributed by atoms with E-state index in [0.29, 0.717) is 0 Å². The maximum absolute atomic E-state index is 11.9. The molecule has 1 aliphatic carbocycles. The van der Waals surface area contributed by atoms with Gasteiger partial charge in [0.25, 0.3) is 0 Å². The molecule has 0 aromatic carbocycles. The van der Waals surface area contributed by atoms with Crippen molar-refractivity contribution in [3.8, 4) is 0 Å². The van der Waals surface area contributed by atoms with E-state index >= 15 is 0 Å². The Morgan fingerprint density at radius 3 is 3.22 bits per heavy atom. The molecule has 0 spiro atoms. The van der Waals surface area contributed by atoms with Gasteiger partial charge in [0.15, 0.2) is 6.10 Å². The fraction of sp³-hybridized carbons (Fsp3) is 0.538. The lowest BCUT2D eigenvalue weighted by atomic mass is 10.2. The number of hydrogen-bond acceptors (Lipinski definition) is 5. The summed E-state index contributed by atoms with van der Waals surface area (Å²) < 4.78 is 5.27. The summed E-state index contributed by atoms with van der Waals surface area (Å²) in [7, 11) is 0. The molecule has 2 heterocycles. The Balaban J connectivity index is 1.55. The molecule has 0 bridgehead atoms. The van der Waals surface area contributed by atoms with Crippen LogP contribution in [-0.4, -0.2) is 24.4 Å². The lowest BCUT2D eigenvalue weighted by molar-refractivity contribution is 0.00721. The number of rotatable bonds is 3. The lowest BCUT2D eigenvalue weighted by Crippen LogP contribution is -2.18. The van der Waals surface area contributed by atoms with E-state index in [2.05, 4.69) is 5.16 Å². The van der Waals surface area contributed by atoms with Crippen LogP contribution >= 0.6 is 11.3 Å². The summed E-state index contributed by atoms with van der Waals surface area (Å²) in [6, 6.07) is 1.98. The summed E-state index contributed by atoms with van der Waals surface area (Å²) in [4.78, 5) is 19.1. The van der Waals surface area contributed by atoms with Crippen LogP contribution in [0.1, 0.15) is 39.9 Å². The number of aryl methyl sites for hydroxylation is 2. The molecule has 4 nitrogen and oxygen atoms in total. The van der Waals surface area contributed by atoms with Crippen molar-refractivity contribution in [2.45, 2.75) is 38.7 Å². The molecule has 96 valence electrons. The summed E-state index contributed by atoms with van der Waals surface area (Å²) in [5.41, 5.74) is 2.27. The first-order valence-corrected chi connectivity index (χ1v) is 7.02. The zero-order chi connectivity index (χ0) is 12.5. The quantitative estimate of drug-likeness (QED) is 0.789. The fourth-order valence-corrected chi connectivity index (χ4v) is 3.47. The molecule has 3 rings (SSSR count). The Morgan fingerprint density at radius 1 is 1.61 bits per heavy atom. The zero-order valence-electron chi connectivity index (χ0n) is 10.3. The van der Waals surface area contributed by atoms with Crippen molar-refractivity contribution < 1.29 is 14.4 Å². The second kappa shape index (κ2) is 4.72. The maximum atomic E-state index is 11.9. The van der Waals surface area contributed by atoms with Gasteiger partial charge in [0.05, 0.1) is 5.71 Å². The molecule has 1 unspecified atom stereocenters. The molecule has 0 amide bonds. The molecule has 5 heteroatoms. The van der Waals surface area contributed by atoms with Gasteiger partial charge >= 0.3 is 5.97 Å². The second-order valence-corrected chi connectivity index (χ2v) is 5.91. The van der Waals surface area contributed by atoms with Crippen LogP contribution in [0.25, 0.3) is 0 Å². The number of nitrogens with zero attached hydrogens (tertiary/aromatic N) is 1. The predicted octanol–water partition coefficient (Wildman–Crippen LogP) is 2.56. The third kappa shape index (κ3) is 2.27. The van der Waals surface area contributed by atoms with E-state index < -0.39 is 0 Å². The van der Waals surface area contributed by atoms with Crippen LogP contribution in [-0.2, 0) is 22.4 Å². The molecule has 18 heavy (non-hydrogen) atoms. The number of esters is 1. The Morgan fingerprint density at radius 2 is 2.50 bits per heavy atom. The van der Waals surface area contributed by atoms with Crippen molar-refractivity contribution in [3.63, 3.8) is 0 Å². The Labute approximate surface area is 110 Å². The molecule has 0 saturated carbocycles. The molecular weight excluding hydrogens is 250 g/mol. The van der Waals surface area contributed by atoms with Crippen LogP contribution in [0, 0.1) is 0 Å². The van der Waals surface area contributed by atoms with Gasteiger partial charge < -0.3 is 9.57 Å². The van der Waals surface area contributed by atoms with E-state index in [1.807, 2.05) is 13.0 Å². The standard InChI is InChI=1S/C13H15NO3S/c1-8-5-10(17-14-8)7-16-13(15)12-6-9-3-2-4-11(9)18-12/h6,10H,2-5,7H2,1H3. The van der Waals surface area contributed by atoms with Crippen LogP contribution in [0.2, 0.25) is 0 Å². The summed E-state index contributed by atoms with van der Waals surface area (Å²) in [5, 5.41) is 3.84. The minimum absolute atomic E-state index is 0.110. The van der Waals surface area contributed by atoms with E-state index in [-0.39, 0.29) is 18.7 Å². The molecule has 1 atom stereocenters. The molecule has 0 radical (unpaired) electrons. The Kier molecular flexibility index (Phi) is 3.07. The largest absolute Gasteiger partial charge is 0.457 e. The normalized spacial score (nSPS) is 21.4. The van der Waals surface area contributed by atoms with Crippen LogP contribution < -0.4 is 0 Å². The number of ether oxygens (including phenoxy) is 1. The van der Waals surface area contributed by atoms with Crippen LogP contribution in [0.4, 0.5) is 0 Å². The number of carbonyl (C=O) groups is 1. The maximum Gasteiger partial charge on any atom is 0.348 e. The van der Waals surface area contributed by atoms with Crippen molar-refractivity contribution >= 4 is 23.0 Å². The van der Waals surface area contributed by atoms with E-state index in [0.717, 1.165) is 29.9 Å². The van der Waals surface area contributed by atoms with Gasteiger partial charge in [-0.25, -0.2) is 4.79 Å². The van der Waals surface area contributed by atoms with Gasteiger partial charge in [-0.3, -0.25) is 0 Å². The van der Waals surface area contributed by atoms with Gasteiger partial charge in [-0.15, -0.1) is 11.3 Å². The molecule has 1 aliphatic heterocycles. The van der Waals surface area contributed by atoms with Gasteiger partial charge in [0.1, 0.15) is 11.5 Å². The van der Waals surface area contributed by atoms with Gasteiger partial charge in [0.2, 0.25) is 0 Å². The first-order valence-electron chi connectivity index (χ1n) is 6.20. The van der Waals surface area contributed by atoms with Crippen molar-refractivity contribution in [3.05, 3.63) is 21.4 Å². The third-order valence-corrected chi connectivity index (χ3v) is 4.45. The molecule has 1 aromatic rings. The van der Waals surface area contributed by atoms with Gasteiger partial charge in [-0.05, 0) is 37.8 Å². The van der Waals surface area contributed by atoms with Gasteiger partial charge in [-0.2, -0.15) is 0 Å². The van der Waals surface area contributed by atoms with Crippen molar-refractivity contribution in [2.24, 2.45) is 5.16 Å². The van der Waals surface area contributed by atoms with Gasteiger partial charge in [0, 0.05) is 11.3 Å². The molecule has 2 aliphatic rings. The Bertz CT molecular complexity index is 485. The predicted molar refractivity (Wildman–Crippen MR) is 69.2 cm³/mol. The van der Waals surface area contributed by atoms with Crippen LogP contribution in [0.5, 0.6) is 0 Å². The average molecular weight is 265 g/mol. The summed E-state index contributed by atoms with van der Waals surface area (Å²) in [6.45, 7) is 2.19. The second-order valence-electron chi connectivity index (χ2n) is 4.77. The fourth-order valence-electron chi connectivity index (χ4n) is 2.33. The summed E-state index contributed by atoms with van der Waals surface area (Å²) in [5.74, 6) is -0.234. The highest BCUT2D eigenvalue weighted by atomic mass is 32.1. The van der Waals surface area contributed by atoms with Crippen molar-refractivity contribution in [2.75, 3.05) is 6.61 Å². The topological polar surface area (TPSA) is 47.9 Å². The SMILES string of the molecule is CC1=NOC(COC(=O)c2cc3c(s2)CCC3)C1. The zero-order valence-corrected chi connectivity index (χ0v) is 11.1. The van der Waals surface area contributed by atoms with Crippen molar-refractivity contribution in [1.29, 1.82) is 0 Å². The number of thiophene rings is 1. The number of carbonyl (C=O) groups excluding carboxylic acids is 1. The average Bonchev–Trinajstić information content (AvgIpc) is 3.00. The minimum atomic E-state index is -0.234. The molecular formula is C13H15NO3S. The first-order chi connectivity index (χ1) is 8.72. The highest BCUT2D eigenvalue weighted by Gasteiger charge is 2.23. The van der Waals surface area contributed by atoms with Crippen molar-refractivity contribution in [1.82, 2.24) is 0 Å². The van der Waals surface area contributed by atoms with Crippen LogP contribution in [0.15, 0.2) is 11.2 Å². The van der Waals surface area contributed by atoms with E-state index in [1.165, 1.54) is 16.9 Å². The molecule has 0 N–H and O–H groups in total. The van der Waals surface area contributed by atoms with E-state index in [4.69, 9.17) is 9.57 Å². The highest BCUT2D eigenvalue weighted by Crippen LogP contribution is 2.31. The smallest absolute Gasteiger partial charge is 0.348 e. The first kappa shape index (κ1) is 11.7. The number of fused-ring (bicyclic) bond motifs is 1. The summed E-state index contributed by atoms with van der Waals surface area (Å²) in [6.07, 6.45) is 4.04. The van der Waals surface area contributed by atoms with E-state index in [1.54, 1.807) is 11.3 Å². The minimum Gasteiger partial charge on any atom is -0.457 e. The summed E-state index contributed by atoms with van der Waals surface area (Å²) >= 11 is 1.57. The Hall–Kier alpha value is -1.36. The number of hydrogen-bond donors (Lipinski definition) is 0. The van der Waals surface area contributed by atoms with E-state index in [9.17, 15) is 4.79 Å². The molecule has 0 saturated heterocycles. The highest BCUT2D eigenvalue weighted by molar-refractivity contribution is 7.14. The molecule has 0 fully saturated rings. The third-order valence-electron chi connectivity index (χ3n) is 3.23. The molecule has 1 aromatic heterocycles. The van der Waals surface area contributed by atoms with Gasteiger partial charge in [-0.1, -0.05) is 5.16 Å². The monoisotopic (exact) mass is 265 g/mol. The lowest BCUT2D eigenvalue weighted by Gasteiger charge is -2.08. The van der Waals surface area contributed by atoms with Crippen LogP contribution in [0.3, 0.4) is 0 Å².